The molecule has 2 saturated heterocycles. The second kappa shape index (κ2) is 19.1. The van der Waals surface area contributed by atoms with E-state index in [1.165, 1.54) is 23.4 Å². The van der Waals surface area contributed by atoms with Gasteiger partial charge in [0.2, 0.25) is 0 Å². The Morgan fingerprint density at radius 1 is 0.723 bits per heavy atom. The highest BCUT2D eigenvalue weighted by Crippen LogP contribution is 2.40. The molecule has 3 aromatic carbocycles. The summed E-state index contributed by atoms with van der Waals surface area (Å²) >= 11 is 0. The van der Waals surface area contributed by atoms with Crippen LogP contribution in [0.1, 0.15) is 84.4 Å². The van der Waals surface area contributed by atoms with Gasteiger partial charge in [-0.2, -0.15) is 0 Å². The first-order chi connectivity index (χ1) is 23.0. The summed E-state index contributed by atoms with van der Waals surface area (Å²) < 4.78 is 0. The van der Waals surface area contributed by atoms with Gasteiger partial charge in [0.05, 0.1) is 11.7 Å². The Balaban J connectivity index is 0.000000947. The minimum Gasteiger partial charge on any atom is -0.371 e. The van der Waals surface area contributed by atoms with E-state index in [4.69, 9.17) is 0 Å². The first-order valence-electron chi connectivity index (χ1n) is 18.0. The number of piperidine rings is 2. The Bertz CT molecular complexity index is 1330. The molecule has 1 unspecified atom stereocenters. The van der Waals surface area contributed by atoms with Gasteiger partial charge < -0.3 is 14.7 Å². The molecular formula is C40H59N5O2. The van der Waals surface area contributed by atoms with Gasteiger partial charge in [-0.3, -0.25) is 4.90 Å². The van der Waals surface area contributed by atoms with Crippen LogP contribution in [-0.2, 0) is 0 Å². The maximum atomic E-state index is 14.0. The molecule has 0 radical (unpaired) electrons. The molecule has 7 heteroatoms. The standard InChI is InChI=1S/C34H41N5O2.3C2H6/c1-35(25-26-17-21-37(22-18-26)29-19-23-38(24-20-29)28-13-7-4-8-14-28)33(40)39-32(27-11-5-3-6-12-27)30-15-9-10-16-31(30)36(2)34(39)41;3*1-2/h3-16,26,29,32H,17-25H2,1-2H3;3*1-2H3. The molecule has 0 bridgehead atoms. The molecule has 0 spiro atoms. The minimum atomic E-state index is -0.449. The van der Waals surface area contributed by atoms with Crippen molar-refractivity contribution >= 4 is 23.4 Å². The van der Waals surface area contributed by atoms with Crippen LogP contribution >= 0.6 is 0 Å². The number of benzene rings is 3. The van der Waals surface area contributed by atoms with E-state index in [0.29, 0.717) is 18.5 Å². The van der Waals surface area contributed by atoms with Crippen molar-refractivity contribution in [2.45, 2.75) is 79.3 Å². The number of hydrogen-bond acceptors (Lipinski definition) is 4. The summed E-state index contributed by atoms with van der Waals surface area (Å²) in [5.74, 6) is 0.435. The molecule has 4 amide bonds. The van der Waals surface area contributed by atoms with Crippen molar-refractivity contribution in [3.63, 3.8) is 0 Å². The average molecular weight is 642 g/mol. The SMILES string of the molecule is CC.CC.CC.CN(CC1CCN(C2CCN(c3ccccc3)CC2)CC1)C(=O)N1C(=O)N(C)c2ccccc2C1c1ccccc1. The molecule has 3 aliphatic heterocycles. The fourth-order valence-electron chi connectivity index (χ4n) is 6.97. The lowest BCUT2D eigenvalue weighted by atomic mass is 9.92. The van der Waals surface area contributed by atoms with Gasteiger partial charge in [-0.05, 0) is 68.5 Å². The maximum absolute atomic E-state index is 14.0. The largest absolute Gasteiger partial charge is 0.371 e. The van der Waals surface area contributed by atoms with Crippen molar-refractivity contribution in [3.8, 4) is 0 Å². The predicted octanol–water partition coefficient (Wildman–Crippen LogP) is 9.16. The van der Waals surface area contributed by atoms with Gasteiger partial charge in [-0.1, -0.05) is 108 Å². The van der Waals surface area contributed by atoms with E-state index in [0.717, 1.165) is 55.8 Å². The second-order valence-electron chi connectivity index (χ2n) is 11.8. The number of urea groups is 2. The number of carbonyl (C=O) groups excluding carboxylic acids is 2. The summed E-state index contributed by atoms with van der Waals surface area (Å²) in [6, 6.07) is 28.2. The van der Waals surface area contributed by atoms with Crippen LogP contribution in [0, 0.1) is 5.92 Å². The molecule has 256 valence electrons. The molecule has 7 nitrogen and oxygen atoms in total. The van der Waals surface area contributed by atoms with Crippen LogP contribution in [0.15, 0.2) is 84.9 Å². The molecular weight excluding hydrogens is 582 g/mol. The van der Waals surface area contributed by atoms with E-state index < -0.39 is 6.04 Å². The smallest absolute Gasteiger partial charge is 0.333 e. The maximum Gasteiger partial charge on any atom is 0.333 e. The Morgan fingerprint density at radius 3 is 1.85 bits per heavy atom. The van der Waals surface area contributed by atoms with Crippen molar-refractivity contribution in [1.82, 2.24) is 14.7 Å². The summed E-state index contributed by atoms with van der Waals surface area (Å²) in [7, 11) is 3.60. The van der Waals surface area contributed by atoms with Crippen LogP contribution in [0.2, 0.25) is 0 Å². The zero-order chi connectivity index (χ0) is 34.3. The number of hydrogen-bond donors (Lipinski definition) is 0. The van der Waals surface area contributed by atoms with Crippen LogP contribution in [0.25, 0.3) is 0 Å². The Kier molecular flexibility index (Phi) is 15.3. The zero-order valence-corrected chi connectivity index (χ0v) is 30.2. The second-order valence-corrected chi connectivity index (χ2v) is 11.8. The fraction of sp³-hybridized carbons (Fsp3) is 0.500. The summed E-state index contributed by atoms with van der Waals surface area (Å²) in [5, 5.41) is 0. The number of likely N-dealkylation sites (tertiary alicyclic amines) is 1. The third-order valence-corrected chi connectivity index (χ3v) is 9.28. The van der Waals surface area contributed by atoms with Crippen LogP contribution in [-0.4, -0.2) is 79.6 Å². The summed E-state index contributed by atoms with van der Waals surface area (Å²) in [6.45, 7) is 17.0. The van der Waals surface area contributed by atoms with E-state index >= 15 is 0 Å². The lowest BCUT2D eigenvalue weighted by Gasteiger charge is -2.44. The monoisotopic (exact) mass is 641 g/mol. The number of nitrogens with zero attached hydrogens (tertiary/aromatic N) is 5. The molecule has 3 heterocycles. The van der Waals surface area contributed by atoms with Gasteiger partial charge >= 0.3 is 12.1 Å². The molecule has 6 rings (SSSR count). The molecule has 47 heavy (non-hydrogen) atoms. The van der Waals surface area contributed by atoms with E-state index in [-0.39, 0.29) is 12.1 Å². The van der Waals surface area contributed by atoms with Crippen molar-refractivity contribution in [2.75, 3.05) is 56.6 Å². The Hall–Kier alpha value is -3.84. The minimum absolute atomic E-state index is 0.235. The summed E-state index contributed by atoms with van der Waals surface area (Å²) in [4.78, 5) is 37.6. The van der Waals surface area contributed by atoms with Crippen LogP contribution in [0.3, 0.4) is 0 Å². The first kappa shape index (κ1) is 37.6. The Morgan fingerprint density at radius 2 is 1.26 bits per heavy atom. The average Bonchev–Trinajstić information content (AvgIpc) is 3.16. The number of para-hydroxylation sites is 2. The summed E-state index contributed by atoms with van der Waals surface area (Å²) in [5.41, 5.74) is 4.08. The number of rotatable bonds is 5. The molecule has 0 aromatic heterocycles. The molecule has 0 N–H and O–H groups in total. The third kappa shape index (κ3) is 8.95. The highest BCUT2D eigenvalue weighted by molar-refractivity contribution is 6.05. The number of anilines is 2. The quantitative estimate of drug-likeness (QED) is 0.279. The van der Waals surface area contributed by atoms with Crippen LogP contribution < -0.4 is 9.80 Å². The predicted molar refractivity (Wildman–Crippen MR) is 198 cm³/mol. The number of amides is 4. The van der Waals surface area contributed by atoms with Crippen molar-refractivity contribution in [1.29, 1.82) is 0 Å². The molecule has 0 aliphatic carbocycles. The topological polar surface area (TPSA) is 50.3 Å². The lowest BCUT2D eigenvalue weighted by molar-refractivity contribution is 0.0995. The van der Waals surface area contributed by atoms with E-state index in [2.05, 4.69) is 40.1 Å². The van der Waals surface area contributed by atoms with Gasteiger partial charge in [0.25, 0.3) is 0 Å². The van der Waals surface area contributed by atoms with Gasteiger partial charge in [0.1, 0.15) is 0 Å². The van der Waals surface area contributed by atoms with Crippen LogP contribution in [0.4, 0.5) is 21.0 Å². The van der Waals surface area contributed by atoms with E-state index in [1.54, 1.807) is 16.8 Å². The molecule has 3 aliphatic rings. The Labute approximate surface area is 285 Å². The van der Waals surface area contributed by atoms with E-state index in [9.17, 15) is 9.59 Å². The first-order valence-corrected chi connectivity index (χ1v) is 18.0. The van der Waals surface area contributed by atoms with Gasteiger partial charge in [-0.25, -0.2) is 14.5 Å². The lowest BCUT2D eigenvalue weighted by Crippen LogP contribution is -2.55. The van der Waals surface area contributed by atoms with Crippen molar-refractivity contribution in [2.24, 2.45) is 5.92 Å². The van der Waals surface area contributed by atoms with E-state index in [1.807, 2.05) is 103 Å². The summed E-state index contributed by atoms with van der Waals surface area (Å²) in [6.07, 6.45) is 4.56. The third-order valence-electron chi connectivity index (χ3n) is 9.28. The fourth-order valence-corrected chi connectivity index (χ4v) is 6.97. The van der Waals surface area contributed by atoms with Crippen molar-refractivity contribution in [3.05, 3.63) is 96.1 Å². The van der Waals surface area contributed by atoms with Crippen LogP contribution in [0.5, 0.6) is 0 Å². The van der Waals surface area contributed by atoms with Gasteiger partial charge in [-0.15, -0.1) is 0 Å². The number of carbonyl (C=O) groups is 2. The number of imide groups is 1. The molecule has 3 aromatic rings. The highest BCUT2D eigenvalue weighted by atomic mass is 16.2. The molecule has 1 atom stereocenters. The normalized spacial score (nSPS) is 18.4. The van der Waals surface area contributed by atoms with Gasteiger partial charge in [0, 0.05) is 51.0 Å². The van der Waals surface area contributed by atoms with Gasteiger partial charge in [0.15, 0.2) is 0 Å². The highest BCUT2D eigenvalue weighted by Gasteiger charge is 2.42. The number of fused-ring (bicyclic) bond motifs is 1. The molecule has 2 fully saturated rings. The van der Waals surface area contributed by atoms with Crippen molar-refractivity contribution < 1.29 is 9.59 Å². The molecule has 0 saturated carbocycles. The zero-order valence-electron chi connectivity index (χ0n) is 30.2.